The molecule has 4 aromatic rings. The topological polar surface area (TPSA) is 180 Å². The number of nitrogens with zero attached hydrogens (tertiary/aromatic N) is 8. The van der Waals surface area contributed by atoms with E-state index in [0.29, 0.717) is 48.1 Å². The highest BCUT2D eigenvalue weighted by Gasteiger charge is 2.50. The van der Waals surface area contributed by atoms with Crippen LogP contribution in [0.3, 0.4) is 0 Å². The van der Waals surface area contributed by atoms with Crippen molar-refractivity contribution < 1.29 is 23.9 Å². The van der Waals surface area contributed by atoms with Crippen LogP contribution in [-0.2, 0) is 34.2 Å². The van der Waals surface area contributed by atoms with Gasteiger partial charge < -0.3 is 34.3 Å². The summed E-state index contributed by atoms with van der Waals surface area (Å²) in [5.74, 6) is 1.51. The Morgan fingerprint density at radius 3 is 2.67 bits per heavy atom. The van der Waals surface area contributed by atoms with Gasteiger partial charge in [-0.3, -0.25) is 9.36 Å². The zero-order chi connectivity index (χ0) is 28.2. The first kappa shape index (κ1) is 27.5. The van der Waals surface area contributed by atoms with Crippen molar-refractivity contribution >= 4 is 29.4 Å². The van der Waals surface area contributed by atoms with Crippen molar-refractivity contribution in [2.24, 2.45) is 7.05 Å². The first-order valence-corrected chi connectivity index (χ1v) is 13.4. The Hall–Kier alpha value is -4.11. The monoisotopic (exact) mass is 554 g/mol. The number of carbonyl (C=O) groups excluding carboxylic acids is 1. The largest absolute Gasteiger partial charge is 0.457 e. The van der Waals surface area contributed by atoms with E-state index >= 15 is 0 Å². The minimum atomic E-state index is -1.27. The number of nitrogens with one attached hydrogen (secondary N) is 2. The van der Waals surface area contributed by atoms with Gasteiger partial charge in [-0.15, -0.1) is 0 Å². The molecule has 5 rings (SSSR count). The van der Waals surface area contributed by atoms with E-state index in [-0.39, 0.29) is 18.4 Å². The molecule has 4 atom stereocenters. The van der Waals surface area contributed by atoms with E-state index in [0.717, 1.165) is 18.5 Å². The van der Waals surface area contributed by atoms with Crippen molar-refractivity contribution in [2.75, 3.05) is 17.2 Å². The predicted octanol–water partition coefficient (Wildman–Crippen LogP) is 1.93. The van der Waals surface area contributed by atoms with Gasteiger partial charge in [-0.1, -0.05) is 25.9 Å². The number of hydrogen-bond donors (Lipinski definition) is 3. The summed E-state index contributed by atoms with van der Waals surface area (Å²) in [6, 6.07) is 0.176. The van der Waals surface area contributed by atoms with Gasteiger partial charge in [-0.2, -0.15) is 15.0 Å². The molecular formula is C25H34N10O5. The van der Waals surface area contributed by atoms with Crippen LogP contribution in [0, 0.1) is 0 Å². The number of aryl methyl sites for hydroxylation is 2. The third-order valence-electron chi connectivity index (χ3n) is 6.91. The van der Waals surface area contributed by atoms with Crippen LogP contribution in [0.2, 0.25) is 0 Å². The van der Waals surface area contributed by atoms with Crippen LogP contribution in [0.4, 0.5) is 11.8 Å². The number of aliphatic hydroxyl groups is 1. The van der Waals surface area contributed by atoms with E-state index in [1.807, 2.05) is 24.7 Å². The van der Waals surface area contributed by atoms with E-state index in [9.17, 15) is 9.90 Å². The van der Waals surface area contributed by atoms with E-state index in [2.05, 4.69) is 44.6 Å². The van der Waals surface area contributed by atoms with Crippen LogP contribution in [0.1, 0.15) is 63.4 Å². The third kappa shape index (κ3) is 5.47. The second kappa shape index (κ2) is 12.0. The summed E-state index contributed by atoms with van der Waals surface area (Å²) in [4.78, 5) is 34.1. The second-order valence-electron chi connectivity index (χ2n) is 9.62. The number of anilines is 2. The lowest BCUT2D eigenvalue weighted by Crippen LogP contribution is -2.32. The predicted molar refractivity (Wildman–Crippen MR) is 142 cm³/mol. The average molecular weight is 555 g/mol. The van der Waals surface area contributed by atoms with Crippen LogP contribution in [0.25, 0.3) is 11.2 Å². The van der Waals surface area contributed by atoms with Gasteiger partial charge >= 0.3 is 0 Å². The smallest absolute Gasteiger partial charge is 0.293 e. The van der Waals surface area contributed by atoms with Crippen molar-refractivity contribution in [3.63, 3.8) is 0 Å². The summed E-state index contributed by atoms with van der Waals surface area (Å²) in [5, 5.41) is 21.7. The minimum absolute atomic E-state index is 0.0957. The van der Waals surface area contributed by atoms with E-state index < -0.39 is 24.5 Å². The summed E-state index contributed by atoms with van der Waals surface area (Å²) in [5.41, 5.74) is 1.89. The molecule has 0 unspecified atom stereocenters. The Kier molecular flexibility index (Phi) is 8.21. The Morgan fingerprint density at radius 1 is 1.18 bits per heavy atom. The number of aliphatic hydroxyl groups excluding tert-OH is 1. The molecule has 1 saturated heterocycles. The Balaban J connectivity index is 1.49. The van der Waals surface area contributed by atoms with Gasteiger partial charge in [0.25, 0.3) is 12.4 Å². The number of imidazole rings is 2. The maximum absolute atomic E-state index is 11.4. The molecule has 15 nitrogen and oxygen atoms in total. The highest BCUT2D eigenvalue weighted by Crippen LogP contribution is 2.41. The lowest BCUT2D eigenvalue weighted by molar-refractivity contribution is -0.142. The summed E-state index contributed by atoms with van der Waals surface area (Å²) >= 11 is 0. The molecule has 40 heavy (non-hydrogen) atoms. The lowest BCUT2D eigenvalue weighted by Gasteiger charge is -2.20. The summed E-state index contributed by atoms with van der Waals surface area (Å²) in [6.07, 6.45) is 3.93. The van der Waals surface area contributed by atoms with Crippen molar-refractivity contribution in [2.45, 2.75) is 77.0 Å². The molecule has 0 radical (unpaired) electrons. The van der Waals surface area contributed by atoms with E-state index in [1.54, 1.807) is 10.9 Å². The highest BCUT2D eigenvalue weighted by atomic mass is 16.6. The zero-order valence-electron chi connectivity index (χ0n) is 22.9. The lowest BCUT2D eigenvalue weighted by atomic mass is 10.1. The number of aromatic nitrogens is 8. The minimum Gasteiger partial charge on any atom is -0.457 e. The van der Waals surface area contributed by atoms with Crippen molar-refractivity contribution in [1.29, 1.82) is 0 Å². The van der Waals surface area contributed by atoms with Crippen molar-refractivity contribution in [3.8, 4) is 0 Å². The first-order valence-electron chi connectivity index (χ1n) is 13.4. The van der Waals surface area contributed by atoms with Crippen LogP contribution >= 0.6 is 0 Å². The maximum atomic E-state index is 11.4. The second-order valence-corrected chi connectivity index (χ2v) is 9.62. The van der Waals surface area contributed by atoms with Gasteiger partial charge in [-0.05, 0) is 12.8 Å². The van der Waals surface area contributed by atoms with E-state index in [4.69, 9.17) is 24.0 Å². The Bertz CT molecular complexity index is 1430. The van der Waals surface area contributed by atoms with Gasteiger partial charge in [0.1, 0.15) is 6.10 Å². The molecule has 0 amide bonds. The molecular weight excluding hydrogens is 520 g/mol. The zero-order valence-corrected chi connectivity index (χ0v) is 22.9. The molecule has 1 aliphatic rings. The van der Waals surface area contributed by atoms with E-state index in [1.165, 1.54) is 6.33 Å². The quantitative estimate of drug-likeness (QED) is 0.204. The van der Waals surface area contributed by atoms with Crippen LogP contribution in [0.15, 0.2) is 23.4 Å². The molecule has 214 valence electrons. The molecule has 5 heterocycles. The molecule has 3 N–H and O–H groups in total. The number of carbonyl (C=O) groups is 1. The third-order valence-corrected chi connectivity index (χ3v) is 6.91. The summed E-state index contributed by atoms with van der Waals surface area (Å²) in [7, 11) is 1.92. The molecule has 0 saturated carbocycles. The molecule has 1 fully saturated rings. The van der Waals surface area contributed by atoms with Gasteiger partial charge in [0, 0.05) is 38.7 Å². The van der Waals surface area contributed by atoms with Gasteiger partial charge in [0.2, 0.25) is 5.95 Å². The van der Waals surface area contributed by atoms with Gasteiger partial charge in [-0.25, -0.2) is 9.97 Å². The Labute approximate surface area is 230 Å². The fraction of sp³-hybridized carbons (Fsp3) is 0.560. The van der Waals surface area contributed by atoms with Crippen LogP contribution in [-0.4, -0.2) is 75.6 Å². The number of fused-ring (bicyclic) bond motifs is 1. The molecule has 0 spiro atoms. The molecule has 15 heteroatoms. The maximum Gasteiger partial charge on any atom is 0.293 e. The molecule has 0 bridgehead atoms. The normalized spacial score (nSPS) is 20.9. The Morgan fingerprint density at radius 2 is 2.00 bits per heavy atom. The molecule has 4 aromatic heterocycles. The molecule has 1 aliphatic heterocycles. The fourth-order valence-electron chi connectivity index (χ4n) is 4.68. The number of hydrogen-bond acceptors (Lipinski definition) is 13. The van der Waals surface area contributed by atoms with Crippen molar-refractivity contribution in [1.82, 2.24) is 39.2 Å². The number of ether oxygens (including phenoxy) is 2. The standard InChI is InChI=1S/C25H34N10O5/c1-5-14(6-2)29-21-17-22(32-25(31-21)26-9-8-15-10-34(4)11-27-15)35(12-28-17)24-20(38-13-36)18(37)19(39-24)23-30-16(7-3)33-40-23/h10-14,18-20,24,37H,5-9H2,1-4H3,(H2,26,29,31,32)/t18-,19+,20-,24-/m1/s1. The van der Waals surface area contributed by atoms with Crippen LogP contribution in [0.5, 0.6) is 0 Å². The first-order chi connectivity index (χ1) is 19.4. The average Bonchev–Trinajstić information content (AvgIpc) is 3.75. The molecule has 0 aromatic carbocycles. The van der Waals surface area contributed by atoms with Gasteiger partial charge in [0.15, 0.2) is 41.2 Å². The van der Waals surface area contributed by atoms with Gasteiger partial charge in [0.05, 0.1) is 18.3 Å². The fourth-order valence-corrected chi connectivity index (χ4v) is 4.68. The number of rotatable bonds is 13. The SMILES string of the molecule is CCc1noc([C@H]2O[C@@H](n3cnc4c(NC(CC)CC)nc(NCCc5cn(C)cn5)nc43)[C@H](OC=O)[C@@H]2O)n1. The summed E-state index contributed by atoms with van der Waals surface area (Å²) in [6.45, 7) is 6.91. The van der Waals surface area contributed by atoms with Crippen molar-refractivity contribution in [3.05, 3.63) is 36.3 Å². The summed E-state index contributed by atoms with van der Waals surface area (Å²) < 4.78 is 20.3. The van der Waals surface area contributed by atoms with Crippen LogP contribution < -0.4 is 10.6 Å². The highest BCUT2D eigenvalue weighted by molar-refractivity contribution is 5.84. The molecule has 0 aliphatic carbocycles.